The summed E-state index contributed by atoms with van der Waals surface area (Å²) in [5, 5.41) is 5.60. The minimum Gasteiger partial charge on any atom is -0.333 e. The molecule has 1 aliphatic heterocycles. The lowest BCUT2D eigenvalue weighted by Crippen LogP contribution is -2.33. The standard InChI is InChI=1S/C25H28ClFN4O/c1-3-12-29-13-11-24-22(16-29)23(28-31(24)21-10-6-8-19(26)15-21)17-30(4-2)25(32)18-7-5-9-20(27)14-18/h5-10,14-15H,3-4,11-13,16-17H2,1-2H3. The van der Waals surface area contributed by atoms with Crippen molar-refractivity contribution in [2.75, 3.05) is 19.6 Å². The number of fused-ring (bicyclic) bond motifs is 1. The Hall–Kier alpha value is -2.70. The van der Waals surface area contributed by atoms with Crippen LogP contribution in [0.2, 0.25) is 5.02 Å². The summed E-state index contributed by atoms with van der Waals surface area (Å²) in [7, 11) is 0. The SMILES string of the molecule is CCCN1CCc2c(c(CN(CC)C(=O)c3cccc(F)c3)nn2-c2cccc(Cl)c2)C1. The van der Waals surface area contributed by atoms with Gasteiger partial charge in [0.25, 0.3) is 5.91 Å². The summed E-state index contributed by atoms with van der Waals surface area (Å²) in [6.07, 6.45) is 1.98. The highest BCUT2D eigenvalue weighted by Crippen LogP contribution is 2.28. The fourth-order valence-corrected chi connectivity index (χ4v) is 4.49. The molecule has 0 bridgehead atoms. The van der Waals surface area contributed by atoms with Crippen LogP contribution in [0.25, 0.3) is 5.69 Å². The first-order valence-electron chi connectivity index (χ1n) is 11.1. The maximum atomic E-state index is 13.7. The predicted octanol–water partition coefficient (Wildman–Crippen LogP) is 5.10. The summed E-state index contributed by atoms with van der Waals surface area (Å²) in [6.45, 7) is 7.82. The number of nitrogens with zero attached hydrogens (tertiary/aromatic N) is 4. The van der Waals surface area contributed by atoms with Crippen molar-refractivity contribution in [2.45, 2.75) is 39.8 Å². The predicted molar refractivity (Wildman–Crippen MR) is 125 cm³/mol. The molecule has 2 aromatic carbocycles. The van der Waals surface area contributed by atoms with Gasteiger partial charge in [-0.05, 0) is 56.3 Å². The maximum Gasteiger partial charge on any atom is 0.254 e. The van der Waals surface area contributed by atoms with Crippen LogP contribution in [0.3, 0.4) is 0 Å². The second kappa shape index (κ2) is 9.84. The molecule has 0 spiro atoms. The summed E-state index contributed by atoms with van der Waals surface area (Å²) in [5.41, 5.74) is 4.50. The molecule has 3 aromatic rings. The number of carbonyl (C=O) groups is 1. The lowest BCUT2D eigenvalue weighted by molar-refractivity contribution is 0.0749. The zero-order valence-corrected chi connectivity index (χ0v) is 19.3. The van der Waals surface area contributed by atoms with Crippen molar-refractivity contribution < 1.29 is 9.18 Å². The van der Waals surface area contributed by atoms with Gasteiger partial charge < -0.3 is 4.90 Å². The monoisotopic (exact) mass is 454 g/mol. The van der Waals surface area contributed by atoms with Gasteiger partial charge in [-0.25, -0.2) is 9.07 Å². The molecule has 0 aliphatic carbocycles. The summed E-state index contributed by atoms with van der Waals surface area (Å²) in [6, 6.07) is 13.5. The van der Waals surface area contributed by atoms with Crippen LogP contribution < -0.4 is 0 Å². The number of hydrogen-bond donors (Lipinski definition) is 0. The van der Waals surface area contributed by atoms with Crippen molar-refractivity contribution in [3.63, 3.8) is 0 Å². The largest absolute Gasteiger partial charge is 0.333 e. The number of halogens is 2. The number of hydrogen-bond acceptors (Lipinski definition) is 3. The molecule has 32 heavy (non-hydrogen) atoms. The molecule has 0 saturated carbocycles. The van der Waals surface area contributed by atoms with Gasteiger partial charge in [-0.2, -0.15) is 5.10 Å². The van der Waals surface area contributed by atoms with Gasteiger partial charge in [0.05, 0.1) is 23.6 Å². The van der Waals surface area contributed by atoms with Gasteiger partial charge in [0.2, 0.25) is 0 Å². The van der Waals surface area contributed by atoms with E-state index in [0.717, 1.165) is 43.9 Å². The lowest BCUT2D eigenvalue weighted by atomic mass is 10.0. The average molecular weight is 455 g/mol. The third kappa shape index (κ3) is 4.71. The smallest absolute Gasteiger partial charge is 0.254 e. The molecular formula is C25H28ClFN4O. The van der Waals surface area contributed by atoms with E-state index in [9.17, 15) is 9.18 Å². The Kier molecular flexibility index (Phi) is 6.92. The van der Waals surface area contributed by atoms with E-state index < -0.39 is 5.82 Å². The molecule has 5 nitrogen and oxygen atoms in total. The van der Waals surface area contributed by atoms with Crippen molar-refractivity contribution in [1.82, 2.24) is 19.6 Å². The van der Waals surface area contributed by atoms with Crippen LogP contribution in [0.15, 0.2) is 48.5 Å². The van der Waals surface area contributed by atoms with E-state index in [0.29, 0.717) is 23.7 Å². The molecule has 0 unspecified atom stereocenters. The Morgan fingerprint density at radius 1 is 1.19 bits per heavy atom. The number of rotatable bonds is 7. The van der Waals surface area contributed by atoms with Crippen LogP contribution in [-0.2, 0) is 19.5 Å². The molecule has 168 valence electrons. The highest BCUT2D eigenvalue weighted by molar-refractivity contribution is 6.30. The Bertz CT molecular complexity index is 1110. The van der Waals surface area contributed by atoms with E-state index in [1.54, 1.807) is 17.0 Å². The van der Waals surface area contributed by atoms with Crippen molar-refractivity contribution in [3.05, 3.63) is 81.9 Å². The molecule has 0 saturated heterocycles. The van der Waals surface area contributed by atoms with Crippen LogP contribution in [-0.4, -0.2) is 45.1 Å². The van der Waals surface area contributed by atoms with Crippen LogP contribution >= 0.6 is 11.6 Å². The highest BCUT2D eigenvalue weighted by Gasteiger charge is 2.27. The third-order valence-electron chi connectivity index (χ3n) is 5.89. The topological polar surface area (TPSA) is 41.4 Å². The Balaban J connectivity index is 1.70. The third-order valence-corrected chi connectivity index (χ3v) is 6.13. The lowest BCUT2D eigenvalue weighted by Gasteiger charge is -2.28. The van der Waals surface area contributed by atoms with Crippen LogP contribution in [0.4, 0.5) is 4.39 Å². The van der Waals surface area contributed by atoms with Crippen molar-refractivity contribution in [3.8, 4) is 5.69 Å². The van der Waals surface area contributed by atoms with Gasteiger partial charge in [0.15, 0.2) is 0 Å². The number of aromatic nitrogens is 2. The van der Waals surface area contributed by atoms with E-state index in [-0.39, 0.29) is 5.91 Å². The molecule has 1 aromatic heterocycles. The minimum absolute atomic E-state index is 0.195. The van der Waals surface area contributed by atoms with Crippen molar-refractivity contribution in [1.29, 1.82) is 0 Å². The molecule has 0 N–H and O–H groups in total. The zero-order valence-electron chi connectivity index (χ0n) is 18.5. The molecule has 2 heterocycles. The molecule has 0 atom stereocenters. The summed E-state index contributed by atoms with van der Waals surface area (Å²) >= 11 is 6.25. The van der Waals surface area contributed by atoms with E-state index in [1.165, 1.54) is 23.4 Å². The molecule has 1 aliphatic rings. The maximum absolute atomic E-state index is 13.7. The molecule has 7 heteroatoms. The Labute approximate surface area is 193 Å². The van der Waals surface area contributed by atoms with Crippen LogP contribution in [0.5, 0.6) is 0 Å². The average Bonchev–Trinajstić information content (AvgIpc) is 3.15. The molecule has 0 fully saturated rings. The fraction of sp³-hybridized carbons (Fsp3) is 0.360. The van der Waals surface area contributed by atoms with Gasteiger partial charge in [0, 0.05) is 42.2 Å². The number of amides is 1. The quantitative estimate of drug-likeness (QED) is 0.499. The van der Waals surface area contributed by atoms with E-state index in [2.05, 4.69) is 11.8 Å². The molecule has 4 rings (SSSR count). The second-order valence-corrected chi connectivity index (χ2v) is 8.56. The first-order valence-corrected chi connectivity index (χ1v) is 11.5. The van der Waals surface area contributed by atoms with Gasteiger partial charge >= 0.3 is 0 Å². The first-order chi connectivity index (χ1) is 15.5. The van der Waals surface area contributed by atoms with E-state index >= 15 is 0 Å². The van der Waals surface area contributed by atoms with Gasteiger partial charge in [-0.3, -0.25) is 9.69 Å². The van der Waals surface area contributed by atoms with E-state index in [4.69, 9.17) is 16.7 Å². The van der Waals surface area contributed by atoms with Crippen LogP contribution in [0, 0.1) is 5.82 Å². The summed E-state index contributed by atoms with van der Waals surface area (Å²) in [4.78, 5) is 17.2. The zero-order chi connectivity index (χ0) is 22.7. The number of benzene rings is 2. The minimum atomic E-state index is -0.412. The Morgan fingerprint density at radius 3 is 2.72 bits per heavy atom. The van der Waals surface area contributed by atoms with Gasteiger partial charge in [-0.1, -0.05) is 30.7 Å². The number of carbonyl (C=O) groups excluding carboxylic acids is 1. The van der Waals surface area contributed by atoms with Crippen molar-refractivity contribution >= 4 is 17.5 Å². The fourth-order valence-electron chi connectivity index (χ4n) is 4.31. The molecular weight excluding hydrogens is 427 g/mol. The highest BCUT2D eigenvalue weighted by atomic mass is 35.5. The summed E-state index contributed by atoms with van der Waals surface area (Å²) < 4.78 is 15.7. The van der Waals surface area contributed by atoms with E-state index in [1.807, 2.05) is 35.9 Å². The van der Waals surface area contributed by atoms with Crippen LogP contribution in [0.1, 0.15) is 47.6 Å². The second-order valence-electron chi connectivity index (χ2n) is 8.12. The van der Waals surface area contributed by atoms with Gasteiger partial charge in [-0.15, -0.1) is 0 Å². The first kappa shape index (κ1) is 22.5. The van der Waals surface area contributed by atoms with Gasteiger partial charge in [0.1, 0.15) is 5.82 Å². The van der Waals surface area contributed by atoms with Crippen molar-refractivity contribution in [2.24, 2.45) is 0 Å². The normalized spacial score (nSPS) is 13.8. The Morgan fingerprint density at radius 2 is 2.00 bits per heavy atom. The molecule has 1 amide bonds. The molecule has 0 radical (unpaired) electrons. The summed E-state index contributed by atoms with van der Waals surface area (Å²) in [5.74, 6) is -0.607.